The second kappa shape index (κ2) is 4.82. The standard InChI is InChI=1S/C11H19NO4/c1-11(2,3)16-10(15)8-4-5-12(6-8)7-9(13)14/h8H,4-7H2,1-3H3,(H,13,14)/t8-/m1/s1. The maximum absolute atomic E-state index is 11.7. The first-order chi connectivity index (χ1) is 7.28. The quantitative estimate of drug-likeness (QED) is 0.723. The number of hydrogen-bond donors (Lipinski definition) is 1. The van der Waals surface area contributed by atoms with Gasteiger partial charge in [0, 0.05) is 6.54 Å². The summed E-state index contributed by atoms with van der Waals surface area (Å²) >= 11 is 0. The zero-order chi connectivity index (χ0) is 12.3. The lowest BCUT2D eigenvalue weighted by Crippen LogP contribution is -2.32. The molecule has 5 heteroatoms. The molecule has 0 radical (unpaired) electrons. The van der Waals surface area contributed by atoms with Gasteiger partial charge in [-0.1, -0.05) is 0 Å². The maximum Gasteiger partial charge on any atom is 0.317 e. The molecule has 0 aromatic heterocycles. The minimum atomic E-state index is -0.857. The number of nitrogens with zero attached hydrogens (tertiary/aromatic N) is 1. The number of ether oxygens (including phenoxy) is 1. The summed E-state index contributed by atoms with van der Waals surface area (Å²) in [5.41, 5.74) is -0.475. The van der Waals surface area contributed by atoms with E-state index in [0.29, 0.717) is 19.5 Å². The number of carboxylic acid groups (broad SMARTS) is 1. The molecule has 92 valence electrons. The molecule has 0 aromatic rings. The Bertz CT molecular complexity index is 282. The fraction of sp³-hybridized carbons (Fsp3) is 0.818. The number of likely N-dealkylation sites (tertiary alicyclic amines) is 1. The van der Waals surface area contributed by atoms with Gasteiger partial charge in [0.15, 0.2) is 0 Å². The molecule has 0 bridgehead atoms. The maximum atomic E-state index is 11.7. The van der Waals surface area contributed by atoms with E-state index < -0.39 is 11.6 Å². The lowest BCUT2D eigenvalue weighted by Gasteiger charge is -2.22. The number of esters is 1. The highest BCUT2D eigenvalue weighted by Gasteiger charge is 2.32. The summed E-state index contributed by atoms with van der Waals surface area (Å²) in [6.07, 6.45) is 0.683. The smallest absolute Gasteiger partial charge is 0.317 e. The van der Waals surface area contributed by atoms with Crippen molar-refractivity contribution >= 4 is 11.9 Å². The zero-order valence-electron chi connectivity index (χ0n) is 10.0. The SMILES string of the molecule is CC(C)(C)OC(=O)[C@@H]1CCN(CC(=O)O)C1. The molecule has 0 spiro atoms. The lowest BCUT2D eigenvalue weighted by atomic mass is 10.1. The number of carboxylic acids is 1. The summed E-state index contributed by atoms with van der Waals surface area (Å²) in [4.78, 5) is 24.0. The first-order valence-electron chi connectivity index (χ1n) is 5.45. The van der Waals surface area contributed by atoms with Gasteiger partial charge in [-0.2, -0.15) is 0 Å². The van der Waals surface area contributed by atoms with Crippen molar-refractivity contribution in [2.45, 2.75) is 32.8 Å². The van der Waals surface area contributed by atoms with Crippen molar-refractivity contribution in [1.82, 2.24) is 4.90 Å². The summed E-state index contributed by atoms with van der Waals surface area (Å²) in [5.74, 6) is -1.26. The highest BCUT2D eigenvalue weighted by Crippen LogP contribution is 2.20. The molecule has 0 saturated carbocycles. The predicted molar refractivity (Wildman–Crippen MR) is 58.0 cm³/mol. The zero-order valence-corrected chi connectivity index (χ0v) is 10.0. The summed E-state index contributed by atoms with van der Waals surface area (Å²) in [7, 11) is 0. The van der Waals surface area contributed by atoms with Gasteiger partial charge in [-0.25, -0.2) is 0 Å². The van der Waals surface area contributed by atoms with Crippen molar-refractivity contribution in [3.05, 3.63) is 0 Å². The van der Waals surface area contributed by atoms with Gasteiger partial charge in [-0.3, -0.25) is 14.5 Å². The Hall–Kier alpha value is -1.10. The number of carbonyl (C=O) groups is 2. The van der Waals surface area contributed by atoms with E-state index in [2.05, 4.69) is 0 Å². The Morgan fingerprint density at radius 1 is 1.44 bits per heavy atom. The average molecular weight is 229 g/mol. The van der Waals surface area contributed by atoms with E-state index in [9.17, 15) is 9.59 Å². The average Bonchev–Trinajstić information content (AvgIpc) is 2.48. The van der Waals surface area contributed by atoms with Gasteiger partial charge >= 0.3 is 11.9 Å². The Morgan fingerprint density at radius 3 is 2.56 bits per heavy atom. The van der Waals surface area contributed by atoms with Gasteiger partial charge in [0.2, 0.25) is 0 Å². The van der Waals surface area contributed by atoms with Gasteiger partial charge in [0.05, 0.1) is 12.5 Å². The van der Waals surface area contributed by atoms with Crippen LogP contribution in [0.5, 0.6) is 0 Å². The Labute approximate surface area is 95.4 Å². The summed E-state index contributed by atoms with van der Waals surface area (Å²) < 4.78 is 5.26. The van der Waals surface area contributed by atoms with Crippen LogP contribution in [0.2, 0.25) is 0 Å². The van der Waals surface area contributed by atoms with Crippen LogP contribution in [0, 0.1) is 5.92 Å². The second-order valence-corrected chi connectivity index (χ2v) is 5.15. The molecule has 0 aromatic carbocycles. The van der Waals surface area contributed by atoms with Crippen LogP contribution in [-0.2, 0) is 14.3 Å². The molecule has 1 aliphatic rings. The third-order valence-electron chi connectivity index (χ3n) is 2.37. The molecule has 1 aliphatic heterocycles. The van der Waals surface area contributed by atoms with E-state index in [0.717, 1.165) is 0 Å². The molecule has 1 saturated heterocycles. The highest BCUT2D eigenvalue weighted by atomic mass is 16.6. The molecule has 5 nitrogen and oxygen atoms in total. The van der Waals surface area contributed by atoms with Gasteiger partial charge in [-0.05, 0) is 33.7 Å². The molecule has 1 heterocycles. The van der Waals surface area contributed by atoms with Gasteiger partial charge in [0.1, 0.15) is 5.60 Å². The highest BCUT2D eigenvalue weighted by molar-refractivity contribution is 5.74. The first kappa shape index (κ1) is 13.0. The molecule has 1 atom stereocenters. The van der Waals surface area contributed by atoms with Crippen molar-refractivity contribution in [3.8, 4) is 0 Å². The molecule has 1 N–H and O–H groups in total. The van der Waals surface area contributed by atoms with Crippen LogP contribution in [0.4, 0.5) is 0 Å². The number of rotatable bonds is 3. The largest absolute Gasteiger partial charge is 0.480 e. The van der Waals surface area contributed by atoms with Crippen LogP contribution in [-0.4, -0.2) is 47.2 Å². The number of aliphatic carboxylic acids is 1. The van der Waals surface area contributed by atoms with Gasteiger partial charge in [-0.15, -0.1) is 0 Å². The van der Waals surface area contributed by atoms with E-state index in [1.165, 1.54) is 0 Å². The molecule has 16 heavy (non-hydrogen) atoms. The second-order valence-electron chi connectivity index (χ2n) is 5.15. The topological polar surface area (TPSA) is 66.8 Å². The normalized spacial score (nSPS) is 22.1. The molecule has 0 amide bonds. The van der Waals surface area contributed by atoms with Crippen LogP contribution >= 0.6 is 0 Å². The van der Waals surface area contributed by atoms with E-state index >= 15 is 0 Å². The molecule has 0 aliphatic carbocycles. The van der Waals surface area contributed by atoms with Crippen LogP contribution in [0.25, 0.3) is 0 Å². The van der Waals surface area contributed by atoms with Crippen molar-refractivity contribution in [3.63, 3.8) is 0 Å². The summed E-state index contributed by atoms with van der Waals surface area (Å²) in [6, 6.07) is 0. The van der Waals surface area contributed by atoms with Crippen molar-refractivity contribution < 1.29 is 19.4 Å². The number of carbonyl (C=O) groups excluding carboxylic acids is 1. The van der Waals surface area contributed by atoms with Crippen molar-refractivity contribution in [2.75, 3.05) is 19.6 Å². The molecular weight excluding hydrogens is 210 g/mol. The monoisotopic (exact) mass is 229 g/mol. The van der Waals surface area contributed by atoms with Crippen LogP contribution < -0.4 is 0 Å². The summed E-state index contributed by atoms with van der Waals surface area (Å²) in [6.45, 7) is 6.62. The van der Waals surface area contributed by atoms with Crippen LogP contribution in [0.1, 0.15) is 27.2 Å². The summed E-state index contributed by atoms with van der Waals surface area (Å²) in [5, 5.41) is 8.63. The third kappa shape index (κ3) is 4.18. The van der Waals surface area contributed by atoms with Crippen molar-refractivity contribution in [2.24, 2.45) is 5.92 Å². The minimum Gasteiger partial charge on any atom is -0.480 e. The molecule has 1 rings (SSSR count). The minimum absolute atomic E-state index is 0.000697. The van der Waals surface area contributed by atoms with E-state index in [4.69, 9.17) is 9.84 Å². The van der Waals surface area contributed by atoms with E-state index in [1.807, 2.05) is 20.8 Å². The van der Waals surface area contributed by atoms with Gasteiger partial charge in [0.25, 0.3) is 0 Å². The molecular formula is C11H19NO4. The lowest BCUT2D eigenvalue weighted by molar-refractivity contribution is -0.159. The van der Waals surface area contributed by atoms with Crippen LogP contribution in [0.15, 0.2) is 0 Å². The predicted octanol–water partition coefficient (Wildman–Crippen LogP) is 0.735. The molecule has 1 fully saturated rings. The van der Waals surface area contributed by atoms with E-state index in [-0.39, 0.29) is 18.4 Å². The fourth-order valence-electron chi connectivity index (χ4n) is 1.75. The Kier molecular flexibility index (Phi) is 3.91. The van der Waals surface area contributed by atoms with Gasteiger partial charge < -0.3 is 9.84 Å². The molecule has 0 unspecified atom stereocenters. The van der Waals surface area contributed by atoms with Crippen molar-refractivity contribution in [1.29, 1.82) is 0 Å². The first-order valence-corrected chi connectivity index (χ1v) is 5.45. The Balaban J connectivity index is 2.41. The van der Waals surface area contributed by atoms with Crippen LogP contribution in [0.3, 0.4) is 0 Å². The third-order valence-corrected chi connectivity index (χ3v) is 2.37. The number of hydrogen-bond acceptors (Lipinski definition) is 4. The fourth-order valence-corrected chi connectivity index (χ4v) is 1.75. The Morgan fingerprint density at radius 2 is 2.06 bits per heavy atom. The van der Waals surface area contributed by atoms with E-state index in [1.54, 1.807) is 4.90 Å².